The van der Waals surface area contributed by atoms with Crippen molar-refractivity contribution in [3.8, 4) is 5.75 Å². The Labute approximate surface area is 169 Å². The first-order valence-corrected chi connectivity index (χ1v) is 9.30. The molecule has 2 rings (SSSR count). The lowest BCUT2D eigenvalue weighted by Crippen LogP contribution is -2.52. The first-order valence-electron chi connectivity index (χ1n) is 9.30. The molecule has 0 unspecified atom stereocenters. The number of Topliss-reactive ketones (excluding diaryl/α,β-unsaturated/α-hetero) is 1. The first-order chi connectivity index (χ1) is 13.8. The van der Waals surface area contributed by atoms with Gasteiger partial charge in [-0.3, -0.25) is 9.59 Å². The van der Waals surface area contributed by atoms with Crippen LogP contribution in [0.3, 0.4) is 0 Å². The van der Waals surface area contributed by atoms with Crippen molar-refractivity contribution in [2.24, 2.45) is 5.92 Å². The summed E-state index contributed by atoms with van der Waals surface area (Å²) in [6.45, 7) is 3.86. The molecule has 2 aromatic rings. The number of amides is 2. The molecule has 0 aliphatic carbocycles. The number of carboxylic acid groups (broad SMARTS) is 1. The van der Waals surface area contributed by atoms with Gasteiger partial charge in [-0.05, 0) is 42.2 Å². The lowest BCUT2D eigenvalue weighted by atomic mass is 9.98. The highest BCUT2D eigenvalue weighted by Gasteiger charge is 2.29. The van der Waals surface area contributed by atoms with Gasteiger partial charge in [0.2, 0.25) is 11.7 Å². The van der Waals surface area contributed by atoms with Crippen LogP contribution in [0.15, 0.2) is 47.1 Å². The van der Waals surface area contributed by atoms with Crippen LogP contribution in [-0.4, -0.2) is 42.1 Å². The zero-order valence-electron chi connectivity index (χ0n) is 16.7. The molecule has 0 radical (unpaired) electrons. The van der Waals surface area contributed by atoms with Crippen molar-refractivity contribution in [1.82, 2.24) is 10.6 Å². The van der Waals surface area contributed by atoms with Crippen LogP contribution in [0.25, 0.3) is 0 Å². The Kier molecular flexibility index (Phi) is 7.82. The Hall–Kier alpha value is -3.29. The van der Waals surface area contributed by atoms with Gasteiger partial charge >= 0.3 is 6.09 Å². The molecule has 0 aliphatic rings. The molecule has 0 aliphatic heterocycles. The average Bonchev–Trinajstić information content (AvgIpc) is 3.21. The summed E-state index contributed by atoms with van der Waals surface area (Å²) in [5, 5.41) is 14.1. The lowest BCUT2D eigenvalue weighted by Gasteiger charge is -2.23. The number of carbonyl (C=O) groups excluding carboxylic acids is 2. The van der Waals surface area contributed by atoms with Gasteiger partial charge in [-0.2, -0.15) is 0 Å². The van der Waals surface area contributed by atoms with E-state index in [1.807, 2.05) is 13.8 Å². The second-order valence-electron chi connectivity index (χ2n) is 7.09. The second-order valence-corrected chi connectivity index (χ2v) is 7.09. The molecule has 2 atom stereocenters. The van der Waals surface area contributed by atoms with Crippen LogP contribution in [0.4, 0.5) is 4.79 Å². The molecule has 2 amide bonds. The number of benzene rings is 1. The third-order valence-corrected chi connectivity index (χ3v) is 4.32. The van der Waals surface area contributed by atoms with Gasteiger partial charge in [-0.15, -0.1) is 0 Å². The van der Waals surface area contributed by atoms with Gasteiger partial charge in [0, 0.05) is 6.42 Å². The van der Waals surface area contributed by atoms with E-state index >= 15 is 0 Å². The van der Waals surface area contributed by atoms with Crippen LogP contribution in [0.2, 0.25) is 0 Å². The molecule has 8 heteroatoms. The summed E-state index contributed by atoms with van der Waals surface area (Å²) in [4.78, 5) is 36.7. The molecule has 156 valence electrons. The van der Waals surface area contributed by atoms with Gasteiger partial charge in [0.1, 0.15) is 11.8 Å². The Balaban J connectivity index is 2.16. The predicted octanol–water partition coefficient (Wildman–Crippen LogP) is 2.88. The normalized spacial score (nSPS) is 12.8. The Morgan fingerprint density at radius 2 is 1.76 bits per heavy atom. The van der Waals surface area contributed by atoms with E-state index in [9.17, 15) is 14.4 Å². The zero-order valence-corrected chi connectivity index (χ0v) is 16.7. The summed E-state index contributed by atoms with van der Waals surface area (Å²) >= 11 is 0. The van der Waals surface area contributed by atoms with Crippen LogP contribution in [-0.2, 0) is 11.2 Å². The van der Waals surface area contributed by atoms with Crippen molar-refractivity contribution in [3.05, 3.63) is 54.0 Å². The Morgan fingerprint density at radius 3 is 2.28 bits per heavy atom. The summed E-state index contributed by atoms with van der Waals surface area (Å²) in [7, 11) is 1.54. The molecule has 3 N–H and O–H groups in total. The van der Waals surface area contributed by atoms with E-state index in [2.05, 4.69) is 10.6 Å². The summed E-state index contributed by atoms with van der Waals surface area (Å²) in [5.41, 5.74) is 0.748. The van der Waals surface area contributed by atoms with Crippen LogP contribution >= 0.6 is 0 Å². The van der Waals surface area contributed by atoms with Crippen molar-refractivity contribution in [3.63, 3.8) is 0 Å². The molecule has 0 saturated heterocycles. The van der Waals surface area contributed by atoms with Crippen molar-refractivity contribution >= 4 is 17.8 Å². The van der Waals surface area contributed by atoms with E-state index in [1.165, 1.54) is 12.3 Å². The van der Waals surface area contributed by atoms with E-state index < -0.39 is 24.1 Å². The summed E-state index contributed by atoms with van der Waals surface area (Å²) in [5.74, 6) is 0.00636. The second kappa shape index (κ2) is 10.3. The quantitative estimate of drug-likeness (QED) is 0.526. The standard InChI is InChI=1S/C21H26N2O6/c1-13(2)11-16(19(24)18-5-4-10-29-18)22-20(25)17(23-21(26)27)12-14-6-8-15(28-3)9-7-14/h4-10,13,16-17,23H,11-12H2,1-3H3,(H,22,25)(H,26,27)/t16-,17-/m0/s1. The largest absolute Gasteiger partial charge is 0.497 e. The first kappa shape index (κ1) is 22.0. The van der Waals surface area contributed by atoms with E-state index in [0.29, 0.717) is 12.2 Å². The molecule has 0 fully saturated rings. The van der Waals surface area contributed by atoms with Crippen molar-refractivity contribution in [2.45, 2.75) is 38.8 Å². The third-order valence-electron chi connectivity index (χ3n) is 4.32. The highest BCUT2D eigenvalue weighted by Crippen LogP contribution is 2.15. The number of ketones is 1. The van der Waals surface area contributed by atoms with Crippen molar-refractivity contribution in [1.29, 1.82) is 0 Å². The zero-order chi connectivity index (χ0) is 21.4. The topological polar surface area (TPSA) is 118 Å². The van der Waals surface area contributed by atoms with Crippen LogP contribution in [0.1, 0.15) is 36.4 Å². The van der Waals surface area contributed by atoms with Gasteiger partial charge < -0.3 is 24.9 Å². The van der Waals surface area contributed by atoms with Crippen LogP contribution < -0.4 is 15.4 Å². The minimum absolute atomic E-state index is 0.130. The minimum atomic E-state index is -1.32. The third kappa shape index (κ3) is 6.67. The smallest absolute Gasteiger partial charge is 0.405 e. The molecule has 1 heterocycles. The average molecular weight is 402 g/mol. The molecular weight excluding hydrogens is 376 g/mol. The van der Waals surface area contributed by atoms with E-state index in [-0.39, 0.29) is 23.9 Å². The highest BCUT2D eigenvalue weighted by atomic mass is 16.5. The number of hydrogen-bond acceptors (Lipinski definition) is 5. The molecule has 0 saturated carbocycles. The maximum absolute atomic E-state index is 12.8. The molecule has 1 aromatic carbocycles. The van der Waals surface area contributed by atoms with Gasteiger partial charge in [-0.25, -0.2) is 4.79 Å². The molecule has 0 spiro atoms. The van der Waals surface area contributed by atoms with E-state index in [0.717, 1.165) is 5.56 Å². The molecule has 8 nitrogen and oxygen atoms in total. The number of furan rings is 1. The fraction of sp³-hybridized carbons (Fsp3) is 0.381. The Bertz CT molecular complexity index is 814. The summed E-state index contributed by atoms with van der Waals surface area (Å²) in [6, 6.07) is 8.22. The SMILES string of the molecule is COc1ccc(C[C@H](NC(=O)O)C(=O)N[C@@H](CC(C)C)C(=O)c2ccco2)cc1. The monoisotopic (exact) mass is 402 g/mol. The molecule has 29 heavy (non-hydrogen) atoms. The Morgan fingerprint density at radius 1 is 1.07 bits per heavy atom. The maximum Gasteiger partial charge on any atom is 0.405 e. The highest BCUT2D eigenvalue weighted by molar-refractivity contribution is 6.00. The predicted molar refractivity (Wildman–Crippen MR) is 106 cm³/mol. The fourth-order valence-corrected chi connectivity index (χ4v) is 2.92. The van der Waals surface area contributed by atoms with Crippen LogP contribution in [0.5, 0.6) is 5.75 Å². The number of rotatable bonds is 10. The van der Waals surface area contributed by atoms with Crippen LogP contribution in [0, 0.1) is 5.92 Å². The van der Waals surface area contributed by atoms with Gasteiger partial charge in [0.15, 0.2) is 5.76 Å². The fourth-order valence-electron chi connectivity index (χ4n) is 2.92. The molecule has 0 bridgehead atoms. The summed E-state index contributed by atoms with van der Waals surface area (Å²) in [6.07, 6.45) is 0.593. The summed E-state index contributed by atoms with van der Waals surface area (Å²) < 4.78 is 10.3. The number of ether oxygens (including phenoxy) is 1. The number of nitrogens with one attached hydrogen (secondary N) is 2. The molecular formula is C21H26N2O6. The number of carbonyl (C=O) groups is 3. The maximum atomic E-state index is 12.8. The van der Waals surface area contributed by atoms with E-state index in [1.54, 1.807) is 37.4 Å². The minimum Gasteiger partial charge on any atom is -0.497 e. The van der Waals surface area contributed by atoms with Crippen molar-refractivity contribution < 1.29 is 28.6 Å². The van der Waals surface area contributed by atoms with Gasteiger partial charge in [0.05, 0.1) is 19.4 Å². The van der Waals surface area contributed by atoms with E-state index in [4.69, 9.17) is 14.3 Å². The molecule has 1 aromatic heterocycles. The van der Waals surface area contributed by atoms with Gasteiger partial charge in [-0.1, -0.05) is 26.0 Å². The van der Waals surface area contributed by atoms with Gasteiger partial charge in [0.25, 0.3) is 0 Å². The van der Waals surface area contributed by atoms with Crippen molar-refractivity contribution in [2.75, 3.05) is 7.11 Å². The number of hydrogen-bond donors (Lipinski definition) is 3. The lowest BCUT2D eigenvalue weighted by molar-refractivity contribution is -0.123. The number of methoxy groups -OCH3 is 1.